The second-order valence-electron chi connectivity index (χ2n) is 7.83. The van der Waals surface area contributed by atoms with E-state index >= 15 is 0 Å². The molecule has 0 saturated carbocycles. The molecule has 32 heavy (non-hydrogen) atoms. The van der Waals surface area contributed by atoms with Crippen molar-refractivity contribution in [3.8, 4) is 0 Å². The van der Waals surface area contributed by atoms with Gasteiger partial charge in [-0.15, -0.1) is 10.2 Å². The Kier molecular flexibility index (Phi) is 6.62. The molecule has 0 spiro atoms. The van der Waals surface area contributed by atoms with E-state index in [1.807, 2.05) is 31.2 Å². The number of rotatable bonds is 5. The van der Waals surface area contributed by atoms with Gasteiger partial charge in [-0.2, -0.15) is 4.31 Å². The Morgan fingerprint density at radius 3 is 2.66 bits per heavy atom. The molecule has 7 nitrogen and oxygen atoms in total. The number of amides is 1. The van der Waals surface area contributed by atoms with Crippen LogP contribution in [0.1, 0.15) is 44.7 Å². The van der Waals surface area contributed by atoms with E-state index in [0.717, 1.165) is 12.0 Å². The van der Waals surface area contributed by atoms with Crippen molar-refractivity contribution in [3.05, 3.63) is 68.6 Å². The predicted octanol–water partition coefficient (Wildman–Crippen LogP) is 4.63. The minimum atomic E-state index is -3.68. The topological polar surface area (TPSA) is 92.3 Å². The lowest BCUT2D eigenvalue weighted by Crippen LogP contribution is -2.39. The maximum Gasteiger partial charge on any atom is 0.286 e. The Hall–Kier alpha value is -2.33. The number of hydrogen-bond acceptors (Lipinski definition) is 6. The molecule has 2 aromatic carbocycles. The number of sulfonamides is 1. The number of piperidine rings is 1. The Labute approximate surface area is 196 Å². The van der Waals surface area contributed by atoms with Crippen molar-refractivity contribution in [2.45, 2.75) is 37.5 Å². The molecule has 1 aliphatic rings. The maximum atomic E-state index is 13.2. The number of carbonyl (C=O) groups excluding carboxylic acids is 1. The van der Waals surface area contributed by atoms with Crippen LogP contribution >= 0.6 is 22.9 Å². The van der Waals surface area contributed by atoms with Crippen LogP contribution in [0.15, 0.2) is 47.4 Å². The molecular weight excluding hydrogens is 468 g/mol. The number of carbonyl (C=O) groups is 1. The van der Waals surface area contributed by atoms with Gasteiger partial charge in [0.1, 0.15) is 5.01 Å². The summed E-state index contributed by atoms with van der Waals surface area (Å²) in [4.78, 5) is 12.8. The first-order chi connectivity index (χ1) is 15.3. The minimum Gasteiger partial charge on any atom is -0.320 e. The Balaban J connectivity index is 1.49. The van der Waals surface area contributed by atoms with Gasteiger partial charge in [0.05, 0.1) is 4.90 Å². The molecule has 1 aromatic heterocycles. The van der Waals surface area contributed by atoms with Crippen LogP contribution in [-0.4, -0.2) is 41.9 Å². The third kappa shape index (κ3) is 4.71. The monoisotopic (exact) mass is 490 g/mol. The normalized spacial score (nSPS) is 17.3. The molecule has 1 amide bonds. The van der Waals surface area contributed by atoms with Gasteiger partial charge in [-0.3, -0.25) is 4.79 Å². The summed E-state index contributed by atoms with van der Waals surface area (Å²) in [5.41, 5.74) is 2.33. The minimum absolute atomic E-state index is 0.114. The second kappa shape index (κ2) is 9.27. The van der Waals surface area contributed by atoms with Gasteiger partial charge in [-0.25, -0.2) is 8.42 Å². The Morgan fingerprint density at radius 1 is 1.16 bits per heavy atom. The molecular formula is C22H23ClN4O3S2. The molecule has 0 aliphatic carbocycles. The van der Waals surface area contributed by atoms with Gasteiger partial charge in [0.2, 0.25) is 15.0 Å². The van der Waals surface area contributed by atoms with Crippen molar-refractivity contribution >= 4 is 44.6 Å². The van der Waals surface area contributed by atoms with Crippen molar-refractivity contribution in [1.82, 2.24) is 14.5 Å². The number of anilines is 1. The molecule has 4 rings (SSSR count). The zero-order chi connectivity index (χ0) is 22.9. The molecule has 1 N–H and O–H groups in total. The Morgan fingerprint density at radius 2 is 1.91 bits per heavy atom. The van der Waals surface area contributed by atoms with E-state index in [4.69, 9.17) is 11.6 Å². The molecule has 1 aliphatic heterocycles. The SMILES string of the molecule is Cc1ccc(NC(=O)c2nnc(C3CCCN(S(=O)(=O)c4cccc(Cl)c4C)C3)s2)cc1. The number of aromatic nitrogens is 2. The lowest BCUT2D eigenvalue weighted by molar-refractivity contribution is 0.102. The summed E-state index contributed by atoms with van der Waals surface area (Å²) >= 11 is 7.35. The largest absolute Gasteiger partial charge is 0.320 e. The zero-order valence-electron chi connectivity index (χ0n) is 17.7. The summed E-state index contributed by atoms with van der Waals surface area (Å²) < 4.78 is 28.0. The molecule has 168 valence electrons. The van der Waals surface area contributed by atoms with Gasteiger partial charge >= 0.3 is 0 Å². The first-order valence-electron chi connectivity index (χ1n) is 10.2. The average molecular weight is 491 g/mol. The summed E-state index contributed by atoms with van der Waals surface area (Å²) in [7, 11) is -3.68. The molecule has 1 unspecified atom stereocenters. The highest BCUT2D eigenvalue weighted by atomic mass is 35.5. The predicted molar refractivity (Wildman–Crippen MR) is 126 cm³/mol. The number of nitrogens with one attached hydrogen (secondary N) is 1. The molecule has 1 fully saturated rings. The highest BCUT2D eigenvalue weighted by Gasteiger charge is 2.33. The fourth-order valence-corrected chi connectivity index (χ4v) is 6.55. The van der Waals surface area contributed by atoms with Gasteiger partial charge in [-0.1, -0.05) is 46.7 Å². The van der Waals surface area contributed by atoms with E-state index in [9.17, 15) is 13.2 Å². The van der Waals surface area contributed by atoms with Crippen molar-refractivity contribution in [2.24, 2.45) is 0 Å². The molecule has 10 heteroatoms. The van der Waals surface area contributed by atoms with E-state index in [1.165, 1.54) is 15.6 Å². The molecule has 1 atom stereocenters. The summed E-state index contributed by atoms with van der Waals surface area (Å²) in [6.07, 6.45) is 1.49. The zero-order valence-corrected chi connectivity index (χ0v) is 20.1. The average Bonchev–Trinajstić information content (AvgIpc) is 3.28. The second-order valence-corrected chi connectivity index (χ2v) is 11.2. The van der Waals surface area contributed by atoms with Crippen LogP contribution in [0.2, 0.25) is 5.02 Å². The number of aryl methyl sites for hydroxylation is 1. The molecule has 0 radical (unpaired) electrons. The first kappa shape index (κ1) is 22.8. The number of nitrogens with zero attached hydrogens (tertiary/aromatic N) is 3. The van der Waals surface area contributed by atoms with Crippen molar-refractivity contribution in [3.63, 3.8) is 0 Å². The molecule has 2 heterocycles. The summed E-state index contributed by atoms with van der Waals surface area (Å²) in [5.74, 6) is -0.441. The summed E-state index contributed by atoms with van der Waals surface area (Å²) in [5, 5.41) is 12.4. The van der Waals surface area contributed by atoms with Crippen LogP contribution < -0.4 is 5.32 Å². The van der Waals surface area contributed by atoms with E-state index in [-0.39, 0.29) is 21.7 Å². The van der Waals surface area contributed by atoms with E-state index in [2.05, 4.69) is 15.5 Å². The van der Waals surface area contributed by atoms with E-state index in [0.29, 0.717) is 40.8 Å². The maximum absolute atomic E-state index is 13.2. The van der Waals surface area contributed by atoms with Gasteiger partial charge in [0.25, 0.3) is 5.91 Å². The highest BCUT2D eigenvalue weighted by molar-refractivity contribution is 7.89. The van der Waals surface area contributed by atoms with Crippen molar-refractivity contribution in [2.75, 3.05) is 18.4 Å². The third-order valence-electron chi connectivity index (χ3n) is 5.51. The fraction of sp³-hybridized carbons (Fsp3) is 0.318. The van der Waals surface area contributed by atoms with Crippen LogP contribution in [-0.2, 0) is 10.0 Å². The van der Waals surface area contributed by atoms with Crippen LogP contribution in [0.4, 0.5) is 5.69 Å². The van der Waals surface area contributed by atoms with Crippen LogP contribution in [0, 0.1) is 13.8 Å². The Bertz CT molecular complexity index is 1240. The summed E-state index contributed by atoms with van der Waals surface area (Å²) in [6, 6.07) is 12.4. The third-order valence-corrected chi connectivity index (χ3v) is 9.02. The highest BCUT2D eigenvalue weighted by Crippen LogP contribution is 2.33. The quantitative estimate of drug-likeness (QED) is 0.563. The smallest absolute Gasteiger partial charge is 0.286 e. The van der Waals surface area contributed by atoms with E-state index < -0.39 is 10.0 Å². The van der Waals surface area contributed by atoms with Crippen molar-refractivity contribution in [1.29, 1.82) is 0 Å². The van der Waals surface area contributed by atoms with Crippen molar-refractivity contribution < 1.29 is 13.2 Å². The van der Waals surface area contributed by atoms with Crippen LogP contribution in [0.25, 0.3) is 0 Å². The summed E-state index contributed by atoms with van der Waals surface area (Å²) in [6.45, 7) is 4.41. The van der Waals surface area contributed by atoms with E-state index in [1.54, 1.807) is 25.1 Å². The molecule has 0 bridgehead atoms. The van der Waals surface area contributed by atoms with Crippen LogP contribution in [0.3, 0.4) is 0 Å². The fourth-order valence-electron chi connectivity index (χ4n) is 3.68. The molecule has 1 saturated heterocycles. The number of hydrogen-bond donors (Lipinski definition) is 1. The lowest BCUT2D eigenvalue weighted by atomic mass is 10.0. The lowest BCUT2D eigenvalue weighted by Gasteiger charge is -2.31. The van der Waals surface area contributed by atoms with Gasteiger partial charge in [-0.05, 0) is 56.5 Å². The van der Waals surface area contributed by atoms with Gasteiger partial charge < -0.3 is 5.32 Å². The van der Waals surface area contributed by atoms with Crippen LogP contribution in [0.5, 0.6) is 0 Å². The number of halogens is 1. The van der Waals surface area contributed by atoms with Gasteiger partial charge in [0.15, 0.2) is 0 Å². The number of benzene rings is 2. The standard InChI is InChI=1S/C22H23ClN4O3S2/c1-14-8-10-17(11-9-14)24-20(28)22-26-25-21(31-22)16-5-4-12-27(13-16)32(29,30)19-7-3-6-18(23)15(19)2/h3,6-11,16H,4-5,12-13H2,1-2H3,(H,24,28). The first-order valence-corrected chi connectivity index (χ1v) is 12.9. The van der Waals surface area contributed by atoms with Gasteiger partial charge in [0, 0.05) is 29.7 Å². The molecule has 3 aromatic rings.